The minimum absolute atomic E-state index is 0.0642. The second kappa shape index (κ2) is 6.28. The summed E-state index contributed by atoms with van der Waals surface area (Å²) in [6, 6.07) is 5.74. The summed E-state index contributed by atoms with van der Waals surface area (Å²) in [6.07, 6.45) is 0.303. The Morgan fingerprint density at radius 2 is 2.12 bits per heavy atom. The van der Waals surface area contributed by atoms with Crippen LogP contribution in [-0.2, 0) is 11.3 Å². The van der Waals surface area contributed by atoms with Gasteiger partial charge in [-0.25, -0.2) is 0 Å². The molecule has 1 aliphatic rings. The van der Waals surface area contributed by atoms with Gasteiger partial charge in [0.1, 0.15) is 11.5 Å². The lowest BCUT2D eigenvalue weighted by Crippen LogP contribution is -2.44. The molecule has 1 amide bonds. The van der Waals surface area contributed by atoms with Gasteiger partial charge in [-0.1, -0.05) is 18.1 Å². The van der Waals surface area contributed by atoms with Crippen molar-refractivity contribution in [1.82, 2.24) is 5.16 Å². The number of aryl methyl sites for hydroxylation is 2. The number of carbonyl (C=O) groups is 1. The first-order chi connectivity index (χ1) is 11.4. The standard InChI is InChI=1S/C18H23N3O3/c1-5-15(19)13-6-7-17-16(8-13)21(18(22)12(4)23-17)9-14-10(2)20-24-11(14)3/h6-8,12,15H,5,9,19H2,1-4H3. The number of fused-ring (bicyclic) bond motifs is 1. The Balaban J connectivity index is 2.04. The molecule has 0 radical (unpaired) electrons. The van der Waals surface area contributed by atoms with Crippen LogP contribution in [0.3, 0.4) is 0 Å². The van der Waals surface area contributed by atoms with Gasteiger partial charge in [-0.15, -0.1) is 0 Å². The molecule has 0 bridgehead atoms. The van der Waals surface area contributed by atoms with Crippen molar-refractivity contribution in [2.24, 2.45) is 5.73 Å². The maximum Gasteiger partial charge on any atom is 0.268 e. The molecule has 1 aliphatic heterocycles. The van der Waals surface area contributed by atoms with Crippen LogP contribution in [-0.4, -0.2) is 17.2 Å². The SMILES string of the molecule is CCC(N)c1ccc2c(c1)N(Cc1c(C)noc1C)C(=O)C(C)O2. The van der Waals surface area contributed by atoms with E-state index in [1.807, 2.05) is 39.0 Å². The first-order valence-corrected chi connectivity index (χ1v) is 8.21. The molecule has 2 N–H and O–H groups in total. The fourth-order valence-electron chi connectivity index (χ4n) is 2.94. The summed E-state index contributed by atoms with van der Waals surface area (Å²) in [5.74, 6) is 1.34. The molecule has 2 heterocycles. The summed E-state index contributed by atoms with van der Waals surface area (Å²) in [4.78, 5) is 14.4. The number of aromatic nitrogens is 1. The second-order valence-corrected chi connectivity index (χ2v) is 6.23. The molecule has 0 saturated carbocycles. The maximum absolute atomic E-state index is 12.7. The molecule has 6 nitrogen and oxygen atoms in total. The number of hydrogen-bond acceptors (Lipinski definition) is 5. The Kier molecular flexibility index (Phi) is 4.32. The van der Waals surface area contributed by atoms with Crippen molar-refractivity contribution in [2.75, 3.05) is 4.90 Å². The van der Waals surface area contributed by atoms with Crippen LogP contribution in [0.5, 0.6) is 5.75 Å². The molecule has 2 atom stereocenters. The first kappa shape index (κ1) is 16.5. The average molecular weight is 329 g/mol. The molecule has 0 spiro atoms. The van der Waals surface area contributed by atoms with E-state index in [-0.39, 0.29) is 11.9 Å². The van der Waals surface area contributed by atoms with Crippen LogP contribution in [0.2, 0.25) is 0 Å². The Labute approximate surface area is 141 Å². The molecule has 128 valence electrons. The van der Waals surface area contributed by atoms with Crippen LogP contribution in [0.1, 0.15) is 48.9 Å². The van der Waals surface area contributed by atoms with Gasteiger partial charge in [0.25, 0.3) is 5.91 Å². The third-order valence-corrected chi connectivity index (χ3v) is 4.56. The van der Waals surface area contributed by atoms with Gasteiger partial charge in [-0.2, -0.15) is 0 Å². The molecule has 2 unspecified atom stereocenters. The molecule has 2 aromatic rings. The van der Waals surface area contributed by atoms with E-state index in [1.165, 1.54) is 0 Å². The summed E-state index contributed by atoms with van der Waals surface area (Å²) in [5, 5.41) is 3.98. The molecule has 24 heavy (non-hydrogen) atoms. The molecule has 0 aliphatic carbocycles. The van der Waals surface area contributed by atoms with Crippen LogP contribution in [0, 0.1) is 13.8 Å². The number of rotatable bonds is 4. The van der Waals surface area contributed by atoms with Crippen molar-refractivity contribution in [3.05, 3.63) is 40.8 Å². The molecule has 0 saturated heterocycles. The highest BCUT2D eigenvalue weighted by atomic mass is 16.5. The topological polar surface area (TPSA) is 81.6 Å². The number of carbonyl (C=O) groups excluding carboxylic acids is 1. The van der Waals surface area contributed by atoms with Crippen LogP contribution >= 0.6 is 0 Å². The molecule has 1 aromatic heterocycles. The minimum atomic E-state index is -0.524. The number of benzene rings is 1. The van der Waals surface area contributed by atoms with Gasteiger partial charge in [-0.05, 0) is 44.9 Å². The molecule has 0 fully saturated rings. The maximum atomic E-state index is 12.7. The Hall–Kier alpha value is -2.34. The van der Waals surface area contributed by atoms with Gasteiger partial charge in [0.2, 0.25) is 0 Å². The summed E-state index contributed by atoms with van der Waals surface area (Å²) in [7, 11) is 0. The highest BCUT2D eigenvalue weighted by Gasteiger charge is 2.33. The normalized spacial score (nSPS) is 18.3. The zero-order valence-electron chi connectivity index (χ0n) is 14.5. The molecule has 3 rings (SSSR count). The van der Waals surface area contributed by atoms with Crippen molar-refractivity contribution in [1.29, 1.82) is 0 Å². The number of nitrogens with zero attached hydrogens (tertiary/aromatic N) is 2. The van der Waals surface area contributed by atoms with Crippen molar-refractivity contribution >= 4 is 11.6 Å². The zero-order valence-corrected chi connectivity index (χ0v) is 14.5. The van der Waals surface area contributed by atoms with Gasteiger partial charge in [0, 0.05) is 11.6 Å². The lowest BCUT2D eigenvalue weighted by atomic mass is 10.0. The van der Waals surface area contributed by atoms with E-state index in [1.54, 1.807) is 11.8 Å². The van der Waals surface area contributed by atoms with Gasteiger partial charge in [0.15, 0.2) is 6.10 Å². The van der Waals surface area contributed by atoms with E-state index in [0.29, 0.717) is 12.3 Å². The Morgan fingerprint density at radius 3 is 2.75 bits per heavy atom. The fraction of sp³-hybridized carbons (Fsp3) is 0.444. The van der Waals surface area contributed by atoms with Crippen molar-refractivity contribution in [2.45, 2.75) is 52.8 Å². The monoisotopic (exact) mass is 329 g/mol. The van der Waals surface area contributed by atoms with E-state index >= 15 is 0 Å². The smallest absolute Gasteiger partial charge is 0.268 e. The third-order valence-electron chi connectivity index (χ3n) is 4.56. The Morgan fingerprint density at radius 1 is 1.38 bits per heavy atom. The summed E-state index contributed by atoms with van der Waals surface area (Å²) in [5.41, 5.74) is 9.61. The van der Waals surface area contributed by atoms with E-state index < -0.39 is 6.10 Å². The first-order valence-electron chi connectivity index (χ1n) is 8.21. The van der Waals surface area contributed by atoms with Crippen LogP contribution in [0.15, 0.2) is 22.7 Å². The van der Waals surface area contributed by atoms with E-state index in [0.717, 1.165) is 34.7 Å². The third kappa shape index (κ3) is 2.78. The van der Waals surface area contributed by atoms with Gasteiger partial charge in [0.05, 0.1) is 17.9 Å². The lowest BCUT2D eigenvalue weighted by Gasteiger charge is -2.33. The predicted octanol–water partition coefficient (Wildman–Crippen LogP) is 3.02. The van der Waals surface area contributed by atoms with E-state index in [2.05, 4.69) is 5.16 Å². The highest BCUT2D eigenvalue weighted by molar-refractivity contribution is 5.99. The summed E-state index contributed by atoms with van der Waals surface area (Å²) in [6.45, 7) is 7.94. The predicted molar refractivity (Wildman–Crippen MR) is 90.9 cm³/mol. The van der Waals surface area contributed by atoms with Gasteiger partial charge in [-0.3, -0.25) is 4.79 Å². The number of nitrogens with two attached hydrogens (primary N) is 1. The quantitative estimate of drug-likeness (QED) is 0.932. The second-order valence-electron chi connectivity index (χ2n) is 6.23. The molecular weight excluding hydrogens is 306 g/mol. The minimum Gasteiger partial charge on any atom is -0.479 e. The van der Waals surface area contributed by atoms with Crippen molar-refractivity contribution < 1.29 is 14.1 Å². The largest absolute Gasteiger partial charge is 0.479 e. The highest BCUT2D eigenvalue weighted by Crippen LogP contribution is 2.37. The number of amides is 1. The van der Waals surface area contributed by atoms with Crippen LogP contribution in [0.4, 0.5) is 5.69 Å². The molecule has 6 heteroatoms. The summed E-state index contributed by atoms with van der Waals surface area (Å²) < 4.78 is 11.0. The summed E-state index contributed by atoms with van der Waals surface area (Å²) >= 11 is 0. The van der Waals surface area contributed by atoms with E-state index in [9.17, 15) is 4.79 Å². The van der Waals surface area contributed by atoms with Gasteiger partial charge >= 0.3 is 0 Å². The number of anilines is 1. The lowest BCUT2D eigenvalue weighted by molar-refractivity contribution is -0.125. The zero-order chi connectivity index (χ0) is 17.4. The van der Waals surface area contributed by atoms with Crippen molar-refractivity contribution in [3.63, 3.8) is 0 Å². The van der Waals surface area contributed by atoms with Gasteiger partial charge < -0.3 is 19.9 Å². The van der Waals surface area contributed by atoms with E-state index in [4.69, 9.17) is 15.0 Å². The molecule has 1 aromatic carbocycles. The fourth-order valence-corrected chi connectivity index (χ4v) is 2.94. The van der Waals surface area contributed by atoms with Crippen LogP contribution in [0.25, 0.3) is 0 Å². The Bertz CT molecular complexity index is 749. The van der Waals surface area contributed by atoms with Crippen LogP contribution < -0.4 is 15.4 Å². The average Bonchev–Trinajstić information content (AvgIpc) is 2.89. The number of ether oxygens (including phenoxy) is 1. The number of hydrogen-bond donors (Lipinski definition) is 1. The van der Waals surface area contributed by atoms with Crippen molar-refractivity contribution in [3.8, 4) is 5.75 Å². The molecular formula is C18H23N3O3.